The maximum absolute atomic E-state index is 10.8. The third kappa shape index (κ3) is 6.61. The number of hydrogen-bond donors (Lipinski definition) is 3. The van der Waals surface area contributed by atoms with Crippen LogP contribution in [-0.2, 0) is 0 Å². The van der Waals surface area contributed by atoms with Gasteiger partial charge in [-0.2, -0.15) is 10.2 Å². The van der Waals surface area contributed by atoms with Crippen molar-refractivity contribution >= 4 is 44.8 Å². The van der Waals surface area contributed by atoms with Crippen molar-refractivity contribution in [3.05, 3.63) is 46.5 Å². The summed E-state index contributed by atoms with van der Waals surface area (Å²) in [5, 5.41) is 27.2. The highest BCUT2D eigenvalue weighted by molar-refractivity contribution is 5.92. The number of benzene rings is 2. The second-order valence-corrected chi connectivity index (χ2v) is 9.34. The number of aromatic amines is 2. The molecule has 2 aromatic carbocycles. The molecule has 0 radical (unpaired) electrons. The van der Waals surface area contributed by atoms with Crippen LogP contribution in [0.15, 0.2) is 36.4 Å². The lowest BCUT2D eigenvalue weighted by atomic mass is 10.2. The van der Waals surface area contributed by atoms with Gasteiger partial charge in [0.2, 0.25) is 0 Å². The Labute approximate surface area is 210 Å². The van der Waals surface area contributed by atoms with Gasteiger partial charge in [-0.1, -0.05) is 0 Å². The number of H-pyrrole nitrogens is 2. The van der Waals surface area contributed by atoms with Gasteiger partial charge in [0, 0.05) is 63.5 Å². The van der Waals surface area contributed by atoms with E-state index in [4.69, 9.17) is 5.73 Å². The van der Waals surface area contributed by atoms with Gasteiger partial charge >= 0.3 is 0 Å². The highest BCUT2D eigenvalue weighted by Crippen LogP contribution is 2.27. The maximum atomic E-state index is 10.8. The summed E-state index contributed by atoms with van der Waals surface area (Å²) < 4.78 is 0. The minimum absolute atomic E-state index is 0.0798. The number of rotatable bonds is 9. The summed E-state index contributed by atoms with van der Waals surface area (Å²) in [7, 11) is 12.1. The average molecular weight is 497 g/mol. The number of anilines is 3. The Morgan fingerprint density at radius 3 is 1.72 bits per heavy atom. The number of fused-ring (bicyclic) bond motifs is 2. The monoisotopic (exact) mass is 496 g/mol. The Kier molecular flexibility index (Phi) is 8.67. The molecule has 0 unspecified atom stereocenters. The number of likely N-dealkylation sites (N-methyl/N-ethyl adjacent to an activating group) is 4. The Morgan fingerprint density at radius 2 is 1.25 bits per heavy atom. The number of hydrogen-bond acceptors (Lipinski definition) is 9. The number of aromatic nitrogens is 4. The average Bonchev–Trinajstić information content (AvgIpc) is 3.45. The van der Waals surface area contributed by atoms with Gasteiger partial charge in [-0.05, 0) is 52.5 Å². The molecule has 12 nitrogen and oxygen atoms in total. The van der Waals surface area contributed by atoms with Crippen molar-refractivity contribution in [3.63, 3.8) is 0 Å². The standard InChI is InChI=1S/C12H17N5O2.C12H19N5/c1-15(2)6-7-16(3)12-10-8-9(17(18)19)4-5-11(10)13-14-12;1-16(2)6-7-17(3)12-10-8-9(13)4-5-11(10)14-15-12/h4-5,8H,6-7H2,1-3H3,(H,13,14);4-5,8H,6-7,13H2,1-3H3,(H,14,15). The van der Waals surface area contributed by atoms with E-state index in [1.54, 1.807) is 12.1 Å². The molecule has 0 fully saturated rings. The summed E-state index contributed by atoms with van der Waals surface area (Å²) in [4.78, 5) is 18.8. The second kappa shape index (κ2) is 11.7. The van der Waals surface area contributed by atoms with Crippen molar-refractivity contribution in [2.75, 3.05) is 84.0 Å². The molecule has 0 saturated carbocycles. The SMILES string of the molecule is CN(C)CCN(C)c1n[nH]c2ccc(N)cc12.CN(C)CCN(C)c1n[nH]c2ccc([N+](=O)[O-])cc12. The fraction of sp³-hybridized carbons (Fsp3) is 0.417. The largest absolute Gasteiger partial charge is 0.399 e. The smallest absolute Gasteiger partial charge is 0.270 e. The number of nitro groups is 1. The van der Waals surface area contributed by atoms with Crippen LogP contribution in [0.2, 0.25) is 0 Å². The minimum Gasteiger partial charge on any atom is -0.399 e. The zero-order valence-electron chi connectivity index (χ0n) is 21.8. The zero-order chi connectivity index (χ0) is 26.4. The van der Waals surface area contributed by atoms with Crippen LogP contribution < -0.4 is 15.5 Å². The highest BCUT2D eigenvalue weighted by Gasteiger charge is 2.14. The number of nitrogens with one attached hydrogen (secondary N) is 2. The van der Waals surface area contributed by atoms with E-state index in [1.165, 1.54) is 6.07 Å². The van der Waals surface area contributed by atoms with Crippen LogP contribution in [0.1, 0.15) is 0 Å². The fourth-order valence-electron chi connectivity index (χ4n) is 3.61. The number of nitrogens with two attached hydrogens (primary N) is 1. The molecule has 0 aliphatic carbocycles. The van der Waals surface area contributed by atoms with Crippen LogP contribution in [0.4, 0.5) is 23.0 Å². The summed E-state index contributed by atoms with van der Waals surface area (Å²) in [6, 6.07) is 10.5. The Bertz CT molecular complexity index is 1300. The topological polar surface area (TPSA) is 139 Å². The first-order valence-corrected chi connectivity index (χ1v) is 11.6. The molecule has 12 heteroatoms. The first-order valence-electron chi connectivity index (χ1n) is 11.6. The van der Waals surface area contributed by atoms with Crippen LogP contribution in [-0.4, -0.2) is 104 Å². The lowest BCUT2D eigenvalue weighted by Crippen LogP contribution is -2.28. The van der Waals surface area contributed by atoms with Gasteiger partial charge < -0.3 is 25.3 Å². The molecule has 0 amide bonds. The normalized spacial score (nSPS) is 11.2. The summed E-state index contributed by atoms with van der Waals surface area (Å²) >= 11 is 0. The van der Waals surface area contributed by atoms with Crippen molar-refractivity contribution in [1.29, 1.82) is 0 Å². The van der Waals surface area contributed by atoms with Crippen molar-refractivity contribution in [1.82, 2.24) is 30.2 Å². The molecule has 0 saturated heterocycles. The van der Waals surface area contributed by atoms with Gasteiger partial charge in [0.25, 0.3) is 5.69 Å². The first-order chi connectivity index (χ1) is 17.1. The predicted molar refractivity (Wildman–Crippen MR) is 147 cm³/mol. The van der Waals surface area contributed by atoms with E-state index in [0.717, 1.165) is 65.3 Å². The van der Waals surface area contributed by atoms with Crippen molar-refractivity contribution < 1.29 is 4.92 Å². The van der Waals surface area contributed by atoms with Crippen LogP contribution in [0.5, 0.6) is 0 Å². The molecule has 2 aromatic heterocycles. The van der Waals surface area contributed by atoms with Crippen LogP contribution in [0.25, 0.3) is 21.8 Å². The minimum atomic E-state index is -0.393. The van der Waals surface area contributed by atoms with Crippen molar-refractivity contribution in [3.8, 4) is 0 Å². The predicted octanol–water partition coefficient (Wildman–Crippen LogP) is 2.61. The molecule has 194 valence electrons. The molecule has 36 heavy (non-hydrogen) atoms. The maximum Gasteiger partial charge on any atom is 0.270 e. The molecule has 2 heterocycles. The second-order valence-electron chi connectivity index (χ2n) is 9.34. The van der Waals surface area contributed by atoms with Crippen molar-refractivity contribution in [2.45, 2.75) is 0 Å². The summed E-state index contributed by atoms with van der Waals surface area (Å²) in [6.45, 7) is 3.62. The third-order valence-electron chi connectivity index (χ3n) is 5.79. The van der Waals surface area contributed by atoms with E-state index >= 15 is 0 Å². The van der Waals surface area contributed by atoms with E-state index in [1.807, 2.05) is 51.3 Å². The summed E-state index contributed by atoms with van der Waals surface area (Å²) in [6.07, 6.45) is 0. The highest BCUT2D eigenvalue weighted by atomic mass is 16.6. The number of nitrogens with zero attached hydrogens (tertiary/aromatic N) is 7. The molecule has 0 atom stereocenters. The van der Waals surface area contributed by atoms with Gasteiger partial charge in [-0.15, -0.1) is 0 Å². The van der Waals surface area contributed by atoms with E-state index in [2.05, 4.69) is 49.2 Å². The van der Waals surface area contributed by atoms with Gasteiger partial charge in [-0.25, -0.2) is 0 Å². The molecular formula is C24H36N10O2. The quantitative estimate of drug-likeness (QED) is 0.181. The summed E-state index contributed by atoms with van der Waals surface area (Å²) in [5.41, 5.74) is 8.47. The lowest BCUT2D eigenvalue weighted by Gasteiger charge is -2.19. The van der Waals surface area contributed by atoms with Crippen LogP contribution >= 0.6 is 0 Å². The van der Waals surface area contributed by atoms with E-state index in [0.29, 0.717) is 0 Å². The molecule has 4 N–H and O–H groups in total. The van der Waals surface area contributed by atoms with E-state index < -0.39 is 4.92 Å². The van der Waals surface area contributed by atoms with Crippen LogP contribution in [0, 0.1) is 10.1 Å². The zero-order valence-corrected chi connectivity index (χ0v) is 21.8. The molecule has 0 aliphatic heterocycles. The van der Waals surface area contributed by atoms with Crippen LogP contribution in [0.3, 0.4) is 0 Å². The molecule has 4 rings (SSSR count). The number of non-ortho nitro benzene ring substituents is 1. The molecular weight excluding hydrogens is 460 g/mol. The van der Waals surface area contributed by atoms with Crippen molar-refractivity contribution in [2.24, 2.45) is 0 Å². The number of nitrogen functional groups attached to an aromatic ring is 1. The Morgan fingerprint density at radius 1 is 0.778 bits per heavy atom. The Hall–Kier alpha value is -3.90. The summed E-state index contributed by atoms with van der Waals surface area (Å²) in [5.74, 6) is 1.69. The number of nitro benzene ring substituents is 1. The van der Waals surface area contributed by atoms with Gasteiger partial charge in [0.1, 0.15) is 0 Å². The van der Waals surface area contributed by atoms with E-state index in [9.17, 15) is 10.1 Å². The Balaban J connectivity index is 0.000000202. The third-order valence-corrected chi connectivity index (χ3v) is 5.79. The van der Waals surface area contributed by atoms with Gasteiger partial charge in [0.05, 0.1) is 21.3 Å². The molecule has 0 bridgehead atoms. The van der Waals surface area contributed by atoms with E-state index in [-0.39, 0.29) is 5.69 Å². The molecule has 4 aromatic rings. The fourth-order valence-corrected chi connectivity index (χ4v) is 3.61. The molecule has 0 spiro atoms. The molecule has 0 aliphatic rings. The first kappa shape index (κ1) is 26.7. The van der Waals surface area contributed by atoms with Gasteiger partial charge in [0.15, 0.2) is 11.6 Å². The lowest BCUT2D eigenvalue weighted by molar-refractivity contribution is -0.384. The van der Waals surface area contributed by atoms with Gasteiger partial charge in [-0.3, -0.25) is 20.3 Å².